The summed E-state index contributed by atoms with van der Waals surface area (Å²) in [6.45, 7) is 0. The number of aromatic nitrogens is 4. The highest BCUT2D eigenvalue weighted by atomic mass is 32.2. The van der Waals surface area contributed by atoms with Gasteiger partial charge in [0.05, 0.1) is 10.9 Å². The van der Waals surface area contributed by atoms with E-state index in [0.29, 0.717) is 5.16 Å². The second-order valence-electron chi connectivity index (χ2n) is 6.66. The second kappa shape index (κ2) is 7.09. The average Bonchev–Trinajstić information content (AvgIpc) is 3.12. The summed E-state index contributed by atoms with van der Waals surface area (Å²) >= 11 is 1.41. The first-order chi connectivity index (χ1) is 13.8. The first kappa shape index (κ1) is 16.9. The number of nitrogens with zero attached hydrogens (tertiary/aromatic N) is 4. The molecule has 4 aromatic rings. The molecule has 1 amide bonds. The number of amides is 1. The number of carbonyl (C=O) groups is 1. The third-order valence-electron chi connectivity index (χ3n) is 4.93. The summed E-state index contributed by atoms with van der Waals surface area (Å²) in [5.41, 5.74) is 2.96. The number of benzene rings is 3. The van der Waals surface area contributed by atoms with Crippen LogP contribution >= 0.6 is 11.8 Å². The van der Waals surface area contributed by atoms with Crippen molar-refractivity contribution in [2.75, 3.05) is 5.32 Å². The molecule has 1 aliphatic heterocycles. The Morgan fingerprint density at radius 1 is 1.00 bits per heavy atom. The third-order valence-corrected chi connectivity index (χ3v) is 6.13. The zero-order chi connectivity index (χ0) is 18.9. The Balaban J connectivity index is 1.47. The van der Waals surface area contributed by atoms with Crippen LogP contribution in [0, 0.1) is 0 Å². The molecule has 1 atom stereocenters. The predicted molar refractivity (Wildman–Crippen MR) is 110 cm³/mol. The molecule has 0 fully saturated rings. The van der Waals surface area contributed by atoms with Crippen molar-refractivity contribution in [1.29, 1.82) is 0 Å². The lowest BCUT2D eigenvalue weighted by molar-refractivity contribution is -0.115. The molecule has 3 aromatic carbocycles. The fourth-order valence-electron chi connectivity index (χ4n) is 3.53. The van der Waals surface area contributed by atoms with Crippen LogP contribution in [0.2, 0.25) is 0 Å². The van der Waals surface area contributed by atoms with Crippen LogP contribution in [0.1, 0.15) is 12.0 Å². The molecule has 0 spiro atoms. The van der Waals surface area contributed by atoms with Gasteiger partial charge in [0.1, 0.15) is 0 Å². The van der Waals surface area contributed by atoms with E-state index < -0.39 is 0 Å². The molecular weight excluding hydrogens is 370 g/mol. The maximum absolute atomic E-state index is 12.8. The topological polar surface area (TPSA) is 72.7 Å². The molecule has 1 aromatic heterocycles. The van der Waals surface area contributed by atoms with E-state index in [1.165, 1.54) is 11.8 Å². The van der Waals surface area contributed by atoms with Crippen LogP contribution in [0.4, 0.5) is 5.69 Å². The highest BCUT2D eigenvalue weighted by molar-refractivity contribution is 8.00. The van der Waals surface area contributed by atoms with Crippen molar-refractivity contribution in [3.05, 3.63) is 72.3 Å². The maximum Gasteiger partial charge on any atom is 0.237 e. The van der Waals surface area contributed by atoms with E-state index in [4.69, 9.17) is 0 Å². The molecule has 5 rings (SSSR count). The number of para-hydroxylation sites is 1. The number of thioether (sulfide) groups is 1. The molecule has 1 N–H and O–H groups in total. The number of aryl methyl sites for hydroxylation is 1. The van der Waals surface area contributed by atoms with Crippen molar-refractivity contribution in [3.63, 3.8) is 0 Å². The van der Waals surface area contributed by atoms with Gasteiger partial charge in [-0.3, -0.25) is 4.79 Å². The Morgan fingerprint density at radius 2 is 1.82 bits per heavy atom. The molecule has 1 unspecified atom stereocenters. The molecule has 0 saturated carbocycles. The van der Waals surface area contributed by atoms with Gasteiger partial charge in [-0.15, -0.1) is 5.10 Å². The summed E-state index contributed by atoms with van der Waals surface area (Å²) in [5.74, 6) is -0.0116. The number of rotatable bonds is 3. The molecule has 6 nitrogen and oxygen atoms in total. The highest BCUT2D eigenvalue weighted by Gasteiger charge is 2.27. The summed E-state index contributed by atoms with van der Waals surface area (Å²) in [6, 6.07) is 22.1. The normalized spacial score (nSPS) is 16.4. The Labute approximate surface area is 165 Å². The van der Waals surface area contributed by atoms with Gasteiger partial charge in [0.25, 0.3) is 0 Å². The zero-order valence-corrected chi connectivity index (χ0v) is 15.8. The van der Waals surface area contributed by atoms with E-state index >= 15 is 0 Å². The minimum Gasteiger partial charge on any atom is -0.325 e. The van der Waals surface area contributed by atoms with E-state index in [1.54, 1.807) is 4.68 Å². The largest absolute Gasteiger partial charge is 0.325 e. The lowest BCUT2D eigenvalue weighted by Gasteiger charge is -2.13. The van der Waals surface area contributed by atoms with Gasteiger partial charge in [-0.2, -0.15) is 4.68 Å². The summed E-state index contributed by atoms with van der Waals surface area (Å²) in [5, 5.41) is 17.8. The van der Waals surface area contributed by atoms with Crippen LogP contribution in [0.25, 0.3) is 16.5 Å². The van der Waals surface area contributed by atoms with Crippen molar-refractivity contribution < 1.29 is 4.79 Å². The Hall–Kier alpha value is -3.19. The van der Waals surface area contributed by atoms with Crippen molar-refractivity contribution in [1.82, 2.24) is 20.2 Å². The van der Waals surface area contributed by atoms with Crippen LogP contribution in [0.5, 0.6) is 0 Å². The standard InChI is InChI=1S/C21H17N5OS/c27-20-19(13-12-15-7-2-4-10-17(15)22-20)28-21-23-24-25-26(21)18-11-5-8-14-6-1-3-9-16(14)18/h1-11,19H,12-13H2,(H,22,27). The van der Waals surface area contributed by atoms with Crippen molar-refractivity contribution >= 4 is 34.1 Å². The minimum absolute atomic E-state index is 0.0116. The molecule has 0 saturated heterocycles. The van der Waals surface area contributed by atoms with Crippen molar-refractivity contribution in [2.24, 2.45) is 0 Å². The van der Waals surface area contributed by atoms with Gasteiger partial charge in [0.2, 0.25) is 11.1 Å². The van der Waals surface area contributed by atoms with Gasteiger partial charge in [-0.05, 0) is 46.4 Å². The molecular formula is C21H17N5OS. The van der Waals surface area contributed by atoms with E-state index in [2.05, 4.69) is 45.1 Å². The van der Waals surface area contributed by atoms with Gasteiger partial charge >= 0.3 is 0 Å². The number of hydrogen-bond donors (Lipinski definition) is 1. The molecule has 1 aliphatic rings. The number of hydrogen-bond acceptors (Lipinski definition) is 5. The van der Waals surface area contributed by atoms with E-state index in [1.807, 2.05) is 42.5 Å². The summed E-state index contributed by atoms with van der Waals surface area (Å²) in [4.78, 5) is 12.8. The number of fused-ring (bicyclic) bond motifs is 2. The molecule has 0 bridgehead atoms. The maximum atomic E-state index is 12.8. The number of anilines is 1. The van der Waals surface area contributed by atoms with E-state index in [0.717, 1.165) is 40.6 Å². The monoisotopic (exact) mass is 387 g/mol. The fourth-order valence-corrected chi connectivity index (χ4v) is 4.50. The van der Waals surface area contributed by atoms with Crippen LogP contribution in [-0.4, -0.2) is 31.4 Å². The second-order valence-corrected chi connectivity index (χ2v) is 7.83. The first-order valence-corrected chi connectivity index (χ1v) is 9.99. The Bertz CT molecular complexity index is 1170. The molecule has 0 radical (unpaired) electrons. The van der Waals surface area contributed by atoms with Gasteiger partial charge in [0, 0.05) is 11.1 Å². The van der Waals surface area contributed by atoms with E-state index in [-0.39, 0.29) is 11.2 Å². The summed E-state index contributed by atoms with van der Waals surface area (Å²) < 4.78 is 1.72. The average molecular weight is 387 g/mol. The molecule has 2 heterocycles. The fraction of sp³-hybridized carbons (Fsp3) is 0.143. The quantitative estimate of drug-likeness (QED) is 0.578. The first-order valence-electron chi connectivity index (χ1n) is 9.11. The van der Waals surface area contributed by atoms with Gasteiger partial charge in [0.15, 0.2) is 0 Å². The number of carbonyl (C=O) groups excluding carboxylic acids is 1. The predicted octanol–water partition coefficient (Wildman–Crippen LogP) is 3.86. The lowest BCUT2D eigenvalue weighted by Crippen LogP contribution is -2.24. The summed E-state index contributed by atoms with van der Waals surface area (Å²) in [7, 11) is 0. The van der Waals surface area contributed by atoms with Gasteiger partial charge in [-0.25, -0.2) is 0 Å². The van der Waals surface area contributed by atoms with Gasteiger partial charge in [-0.1, -0.05) is 66.4 Å². The van der Waals surface area contributed by atoms with Gasteiger partial charge < -0.3 is 5.32 Å². The van der Waals surface area contributed by atoms with Crippen molar-refractivity contribution in [3.8, 4) is 5.69 Å². The van der Waals surface area contributed by atoms with Crippen LogP contribution in [-0.2, 0) is 11.2 Å². The van der Waals surface area contributed by atoms with Crippen molar-refractivity contribution in [2.45, 2.75) is 23.2 Å². The Kier molecular flexibility index (Phi) is 4.29. The molecule has 138 valence electrons. The lowest BCUT2D eigenvalue weighted by atomic mass is 10.1. The van der Waals surface area contributed by atoms with Crippen LogP contribution in [0.3, 0.4) is 0 Å². The smallest absolute Gasteiger partial charge is 0.237 e. The highest BCUT2D eigenvalue weighted by Crippen LogP contribution is 2.32. The molecule has 7 heteroatoms. The molecule has 0 aliphatic carbocycles. The van der Waals surface area contributed by atoms with Crippen LogP contribution in [0.15, 0.2) is 71.9 Å². The number of tetrazole rings is 1. The Morgan fingerprint density at radius 3 is 2.79 bits per heavy atom. The third kappa shape index (κ3) is 3.03. The zero-order valence-electron chi connectivity index (χ0n) is 14.9. The number of nitrogens with one attached hydrogen (secondary N) is 1. The summed E-state index contributed by atoms with van der Waals surface area (Å²) in [6.07, 6.45) is 1.57. The SMILES string of the molecule is O=C1Nc2ccccc2CCC1Sc1nnnn1-c1cccc2ccccc12. The van der Waals surface area contributed by atoms with Crippen LogP contribution < -0.4 is 5.32 Å². The van der Waals surface area contributed by atoms with E-state index in [9.17, 15) is 4.79 Å². The minimum atomic E-state index is -0.257. The molecule has 28 heavy (non-hydrogen) atoms.